The molecule has 8 nitrogen and oxygen atoms in total. The topological polar surface area (TPSA) is 98.1 Å². The molecule has 2 amide bonds. The summed E-state index contributed by atoms with van der Waals surface area (Å²) < 4.78 is 46.3. The van der Waals surface area contributed by atoms with Crippen molar-refractivity contribution in [3.8, 4) is 11.4 Å². The maximum absolute atomic E-state index is 13.1. The average molecular weight is 576 g/mol. The number of ether oxygens (including phenoxy) is 1. The first kappa shape index (κ1) is 28.0. The highest BCUT2D eigenvalue weighted by molar-refractivity contribution is 7.99. The number of nitrogens with one attached hydrogen (secondary N) is 2. The third kappa shape index (κ3) is 6.89. The molecule has 0 radical (unpaired) electrons. The van der Waals surface area contributed by atoms with Gasteiger partial charge in [0.1, 0.15) is 5.75 Å². The van der Waals surface area contributed by atoms with Gasteiger partial charge in [0.15, 0.2) is 11.0 Å². The number of nitrogens with zero attached hydrogens (tertiary/aromatic N) is 3. The lowest BCUT2D eigenvalue weighted by Crippen LogP contribution is -2.24. The van der Waals surface area contributed by atoms with Crippen LogP contribution in [0.3, 0.4) is 0 Å². The lowest BCUT2D eigenvalue weighted by Gasteiger charge is -2.14. The summed E-state index contributed by atoms with van der Waals surface area (Å²) in [4.78, 5) is 25.2. The minimum absolute atomic E-state index is 0.0192. The van der Waals surface area contributed by atoms with Crippen molar-refractivity contribution in [1.82, 2.24) is 20.1 Å². The number of thioether (sulfide) groups is 1. The number of aromatic nitrogens is 3. The van der Waals surface area contributed by atoms with E-state index < -0.39 is 17.6 Å². The SMILES string of the molecule is COc1ccccc1-n1c(CNC(=O)c2ccccc2)nnc1SCC(=O)Nc1cc(C(F)(F)F)ccc1Cl. The zero-order valence-corrected chi connectivity index (χ0v) is 21.9. The summed E-state index contributed by atoms with van der Waals surface area (Å²) in [6.07, 6.45) is -4.59. The number of carbonyl (C=O) groups excluding carboxylic acids is 2. The van der Waals surface area contributed by atoms with Crippen LogP contribution in [-0.4, -0.2) is 39.4 Å². The number of carbonyl (C=O) groups is 2. The average Bonchev–Trinajstić information content (AvgIpc) is 3.34. The van der Waals surface area contributed by atoms with Crippen LogP contribution in [0.4, 0.5) is 18.9 Å². The normalized spacial score (nSPS) is 11.2. The largest absolute Gasteiger partial charge is 0.495 e. The van der Waals surface area contributed by atoms with E-state index in [2.05, 4.69) is 20.8 Å². The molecular weight excluding hydrogens is 555 g/mol. The van der Waals surface area contributed by atoms with Crippen LogP contribution in [0.2, 0.25) is 5.02 Å². The first-order chi connectivity index (χ1) is 18.7. The Morgan fingerprint density at radius 2 is 1.74 bits per heavy atom. The van der Waals surface area contributed by atoms with Gasteiger partial charge < -0.3 is 15.4 Å². The summed E-state index contributed by atoms with van der Waals surface area (Å²) >= 11 is 6.99. The van der Waals surface area contributed by atoms with Crippen molar-refractivity contribution in [2.45, 2.75) is 17.9 Å². The molecule has 4 rings (SSSR count). The van der Waals surface area contributed by atoms with Gasteiger partial charge in [-0.25, -0.2) is 0 Å². The van der Waals surface area contributed by atoms with Gasteiger partial charge in [-0.05, 0) is 42.5 Å². The molecule has 2 N–H and O–H groups in total. The third-order valence-corrected chi connectivity index (χ3v) is 6.63. The fourth-order valence-electron chi connectivity index (χ4n) is 3.53. The summed E-state index contributed by atoms with van der Waals surface area (Å²) in [5.74, 6) is -0.259. The summed E-state index contributed by atoms with van der Waals surface area (Å²) in [5.41, 5.74) is -0.0567. The molecule has 0 aliphatic heterocycles. The van der Waals surface area contributed by atoms with Crippen molar-refractivity contribution < 1.29 is 27.5 Å². The van der Waals surface area contributed by atoms with Crippen LogP contribution in [0.5, 0.6) is 5.75 Å². The van der Waals surface area contributed by atoms with E-state index in [1.165, 1.54) is 7.11 Å². The van der Waals surface area contributed by atoms with Gasteiger partial charge in [-0.15, -0.1) is 10.2 Å². The number of para-hydroxylation sites is 2. The summed E-state index contributed by atoms with van der Waals surface area (Å²) in [6, 6.07) is 18.4. The molecule has 39 heavy (non-hydrogen) atoms. The summed E-state index contributed by atoms with van der Waals surface area (Å²) in [5, 5.41) is 13.8. The Hall–Kier alpha value is -4.03. The molecule has 4 aromatic rings. The molecular formula is C26H21ClF3N5O3S. The summed E-state index contributed by atoms with van der Waals surface area (Å²) in [6.45, 7) is 0.0192. The number of hydrogen-bond acceptors (Lipinski definition) is 6. The predicted molar refractivity (Wildman–Crippen MR) is 141 cm³/mol. The van der Waals surface area contributed by atoms with Crippen molar-refractivity contribution in [3.63, 3.8) is 0 Å². The van der Waals surface area contributed by atoms with E-state index in [9.17, 15) is 22.8 Å². The lowest BCUT2D eigenvalue weighted by atomic mass is 10.2. The van der Waals surface area contributed by atoms with Crippen LogP contribution in [0.15, 0.2) is 78.0 Å². The van der Waals surface area contributed by atoms with Crippen LogP contribution in [0.1, 0.15) is 21.7 Å². The highest BCUT2D eigenvalue weighted by Gasteiger charge is 2.31. The second kappa shape index (κ2) is 12.2. The van der Waals surface area contributed by atoms with Gasteiger partial charge in [0.05, 0.1) is 41.4 Å². The maximum atomic E-state index is 13.1. The molecule has 3 aromatic carbocycles. The Bertz CT molecular complexity index is 1480. The van der Waals surface area contributed by atoms with Crippen molar-refractivity contribution in [3.05, 3.63) is 94.8 Å². The molecule has 0 bridgehead atoms. The second-order valence-electron chi connectivity index (χ2n) is 7.98. The van der Waals surface area contributed by atoms with Gasteiger partial charge in [-0.2, -0.15) is 13.2 Å². The number of methoxy groups -OCH3 is 1. The highest BCUT2D eigenvalue weighted by atomic mass is 35.5. The highest BCUT2D eigenvalue weighted by Crippen LogP contribution is 2.34. The molecule has 0 saturated heterocycles. The van der Waals surface area contributed by atoms with Crippen LogP contribution >= 0.6 is 23.4 Å². The van der Waals surface area contributed by atoms with Crippen molar-refractivity contribution in [2.75, 3.05) is 18.2 Å². The van der Waals surface area contributed by atoms with Crippen LogP contribution in [0.25, 0.3) is 5.69 Å². The molecule has 0 spiro atoms. The molecule has 0 atom stereocenters. The molecule has 0 aliphatic carbocycles. The fraction of sp³-hybridized carbons (Fsp3) is 0.154. The molecule has 202 valence electrons. The van der Waals surface area contributed by atoms with Gasteiger partial charge in [0.25, 0.3) is 5.91 Å². The van der Waals surface area contributed by atoms with Crippen LogP contribution in [-0.2, 0) is 17.5 Å². The molecule has 13 heteroatoms. The predicted octanol–water partition coefficient (Wildman–Crippen LogP) is 5.61. The summed E-state index contributed by atoms with van der Waals surface area (Å²) in [7, 11) is 1.50. The zero-order chi connectivity index (χ0) is 28.0. The first-order valence-corrected chi connectivity index (χ1v) is 12.7. The third-order valence-electron chi connectivity index (χ3n) is 5.37. The van der Waals surface area contributed by atoms with Crippen molar-refractivity contribution in [2.24, 2.45) is 0 Å². The zero-order valence-electron chi connectivity index (χ0n) is 20.3. The number of anilines is 1. The molecule has 0 unspecified atom stereocenters. The Morgan fingerprint density at radius 1 is 1.03 bits per heavy atom. The van der Waals surface area contributed by atoms with E-state index in [1.807, 2.05) is 0 Å². The monoisotopic (exact) mass is 575 g/mol. The van der Waals surface area contributed by atoms with Crippen molar-refractivity contribution >= 4 is 40.9 Å². The van der Waals surface area contributed by atoms with E-state index >= 15 is 0 Å². The van der Waals surface area contributed by atoms with Gasteiger partial charge in [0.2, 0.25) is 5.91 Å². The number of halogens is 4. The Kier molecular flexibility index (Phi) is 8.77. The molecule has 0 fully saturated rings. The van der Waals surface area contributed by atoms with E-state index in [0.717, 1.165) is 30.0 Å². The standard InChI is InChI=1S/C26H21ClF3N5O3S/c1-38-21-10-6-5-9-20(21)35-22(14-31-24(37)16-7-3-2-4-8-16)33-34-25(35)39-15-23(36)32-19-13-17(26(28,29)30)11-12-18(19)27/h2-13H,14-15H2,1H3,(H,31,37)(H,32,36). The smallest absolute Gasteiger partial charge is 0.416 e. The number of alkyl halides is 3. The second-order valence-corrected chi connectivity index (χ2v) is 9.33. The van der Waals surface area contributed by atoms with E-state index in [-0.39, 0.29) is 28.9 Å². The van der Waals surface area contributed by atoms with Gasteiger partial charge >= 0.3 is 6.18 Å². The van der Waals surface area contributed by atoms with Gasteiger partial charge in [-0.1, -0.05) is 53.7 Å². The van der Waals surface area contributed by atoms with Crippen molar-refractivity contribution in [1.29, 1.82) is 0 Å². The van der Waals surface area contributed by atoms with Gasteiger partial charge in [-0.3, -0.25) is 14.2 Å². The fourth-order valence-corrected chi connectivity index (χ4v) is 4.46. The minimum Gasteiger partial charge on any atom is -0.495 e. The Labute approximate surface area is 230 Å². The number of rotatable bonds is 9. The Morgan fingerprint density at radius 3 is 2.46 bits per heavy atom. The number of benzene rings is 3. The minimum atomic E-state index is -4.59. The maximum Gasteiger partial charge on any atom is 0.416 e. The molecule has 1 heterocycles. The quantitative estimate of drug-likeness (QED) is 0.252. The van der Waals surface area contributed by atoms with Crippen LogP contribution < -0.4 is 15.4 Å². The van der Waals surface area contributed by atoms with E-state index in [0.29, 0.717) is 28.0 Å². The first-order valence-electron chi connectivity index (χ1n) is 11.4. The number of hydrogen-bond donors (Lipinski definition) is 2. The lowest BCUT2D eigenvalue weighted by molar-refractivity contribution is -0.137. The van der Waals surface area contributed by atoms with E-state index in [1.54, 1.807) is 59.2 Å². The Balaban J connectivity index is 1.54. The van der Waals surface area contributed by atoms with Gasteiger partial charge in [0, 0.05) is 5.56 Å². The molecule has 0 saturated carbocycles. The van der Waals surface area contributed by atoms with Crippen LogP contribution in [0, 0.1) is 0 Å². The molecule has 1 aromatic heterocycles. The molecule has 0 aliphatic rings. The number of amides is 2. The van der Waals surface area contributed by atoms with E-state index in [4.69, 9.17) is 16.3 Å².